The maximum atomic E-state index is 12.8. The van der Waals surface area contributed by atoms with Gasteiger partial charge in [-0.15, -0.1) is 10.2 Å². The van der Waals surface area contributed by atoms with Gasteiger partial charge in [-0.2, -0.15) is 0 Å². The number of hydrogen-bond donors (Lipinski definition) is 1. The van der Waals surface area contributed by atoms with Gasteiger partial charge >= 0.3 is 0 Å². The van der Waals surface area contributed by atoms with E-state index in [-0.39, 0.29) is 11.9 Å². The second kappa shape index (κ2) is 8.94. The number of rotatable bonds is 7. The Bertz CT molecular complexity index is 697. The minimum Gasteiger partial charge on any atom is -0.353 e. The van der Waals surface area contributed by atoms with Gasteiger partial charge in [0.05, 0.1) is 6.04 Å². The molecular weight excluding hydrogens is 326 g/mol. The lowest BCUT2D eigenvalue weighted by atomic mass is 10.0. The van der Waals surface area contributed by atoms with Crippen molar-refractivity contribution in [3.63, 3.8) is 0 Å². The molecule has 1 aliphatic heterocycles. The maximum Gasteiger partial charge on any atom is 0.237 e. The highest BCUT2D eigenvalue weighted by atomic mass is 16.2. The molecule has 1 amide bonds. The van der Waals surface area contributed by atoms with Gasteiger partial charge in [-0.05, 0) is 24.9 Å². The predicted octanol–water partition coefficient (Wildman–Crippen LogP) is 2.57. The first-order valence-electron chi connectivity index (χ1n) is 9.58. The monoisotopic (exact) mass is 355 g/mol. The lowest BCUT2D eigenvalue weighted by molar-refractivity contribution is -0.127. The minimum atomic E-state index is -0.0329. The molecule has 0 radical (unpaired) electrons. The summed E-state index contributed by atoms with van der Waals surface area (Å²) in [4.78, 5) is 15.1. The molecule has 1 saturated heterocycles. The predicted molar refractivity (Wildman–Crippen MR) is 102 cm³/mol. The van der Waals surface area contributed by atoms with E-state index in [2.05, 4.69) is 58.5 Å². The van der Waals surface area contributed by atoms with E-state index in [1.54, 1.807) is 6.33 Å². The fourth-order valence-corrected chi connectivity index (χ4v) is 3.60. The Balaban J connectivity index is 1.54. The third-order valence-corrected chi connectivity index (χ3v) is 4.96. The molecule has 1 aromatic carbocycles. The van der Waals surface area contributed by atoms with Gasteiger partial charge in [-0.1, -0.05) is 50.6 Å². The van der Waals surface area contributed by atoms with E-state index in [1.807, 2.05) is 10.6 Å². The molecule has 2 aromatic rings. The molecule has 3 rings (SSSR count). The fourth-order valence-electron chi connectivity index (χ4n) is 3.60. The van der Waals surface area contributed by atoms with Crippen LogP contribution in [0, 0.1) is 0 Å². The Morgan fingerprint density at radius 3 is 2.85 bits per heavy atom. The van der Waals surface area contributed by atoms with Crippen molar-refractivity contribution in [1.82, 2.24) is 25.0 Å². The van der Waals surface area contributed by atoms with Crippen LogP contribution >= 0.6 is 0 Å². The maximum absolute atomic E-state index is 12.8. The Hall–Kier alpha value is -2.21. The Morgan fingerprint density at radius 1 is 1.27 bits per heavy atom. The van der Waals surface area contributed by atoms with Crippen molar-refractivity contribution in [3.8, 4) is 0 Å². The number of likely N-dealkylation sites (tertiary alicyclic amines) is 1. The van der Waals surface area contributed by atoms with Gasteiger partial charge in [0.25, 0.3) is 0 Å². The highest BCUT2D eigenvalue weighted by Crippen LogP contribution is 2.20. The van der Waals surface area contributed by atoms with E-state index in [0.29, 0.717) is 19.0 Å². The Labute approximate surface area is 155 Å². The molecule has 6 nitrogen and oxygen atoms in total. The number of benzene rings is 1. The van der Waals surface area contributed by atoms with Crippen molar-refractivity contribution in [3.05, 3.63) is 48.0 Å². The van der Waals surface area contributed by atoms with Crippen LogP contribution in [-0.2, 0) is 17.9 Å². The normalized spacial score (nSPS) is 18.2. The van der Waals surface area contributed by atoms with Gasteiger partial charge < -0.3 is 9.88 Å². The minimum absolute atomic E-state index is 0.0329. The summed E-state index contributed by atoms with van der Waals surface area (Å²) in [6.07, 6.45) is 4.95. The summed E-state index contributed by atoms with van der Waals surface area (Å²) in [5.74, 6) is 1.43. The number of nitrogens with zero attached hydrogens (tertiary/aromatic N) is 4. The first kappa shape index (κ1) is 18.6. The van der Waals surface area contributed by atoms with E-state index in [9.17, 15) is 4.79 Å². The highest BCUT2D eigenvalue weighted by molar-refractivity contribution is 5.81. The van der Waals surface area contributed by atoms with E-state index in [0.717, 1.165) is 38.2 Å². The van der Waals surface area contributed by atoms with E-state index >= 15 is 0 Å². The number of amides is 1. The van der Waals surface area contributed by atoms with Gasteiger partial charge in [0, 0.05) is 25.6 Å². The van der Waals surface area contributed by atoms with Crippen molar-refractivity contribution in [2.45, 2.75) is 58.2 Å². The quantitative estimate of drug-likeness (QED) is 0.829. The van der Waals surface area contributed by atoms with E-state index in [1.165, 1.54) is 5.56 Å². The van der Waals surface area contributed by atoms with Crippen LogP contribution in [0.3, 0.4) is 0 Å². The fraction of sp³-hybridized carbons (Fsp3) is 0.550. The molecule has 1 fully saturated rings. The lowest BCUT2D eigenvalue weighted by Gasteiger charge is -2.34. The van der Waals surface area contributed by atoms with Crippen LogP contribution in [0.2, 0.25) is 0 Å². The van der Waals surface area contributed by atoms with Crippen LogP contribution in [0.5, 0.6) is 0 Å². The second-order valence-corrected chi connectivity index (χ2v) is 7.30. The molecule has 2 heterocycles. The van der Waals surface area contributed by atoms with Crippen LogP contribution in [-0.4, -0.2) is 44.7 Å². The molecule has 6 heteroatoms. The van der Waals surface area contributed by atoms with Crippen molar-refractivity contribution >= 4 is 5.91 Å². The molecule has 1 atom stereocenters. The summed E-state index contributed by atoms with van der Waals surface area (Å²) in [5, 5.41) is 11.3. The standard InChI is InChI=1S/C20H29N5O/c1-16(2)19-23-22-15-25(19)13-11-21-20(26)18-10-6-7-12-24(18)14-17-8-4-3-5-9-17/h3-5,8-9,15-16,18H,6-7,10-14H2,1-2H3,(H,21,26). The average molecular weight is 355 g/mol. The van der Waals surface area contributed by atoms with Gasteiger partial charge in [0.1, 0.15) is 12.2 Å². The highest BCUT2D eigenvalue weighted by Gasteiger charge is 2.28. The van der Waals surface area contributed by atoms with Crippen molar-refractivity contribution in [1.29, 1.82) is 0 Å². The summed E-state index contributed by atoms with van der Waals surface area (Å²) >= 11 is 0. The number of carbonyl (C=O) groups excluding carboxylic acids is 1. The zero-order valence-corrected chi connectivity index (χ0v) is 15.8. The molecule has 0 saturated carbocycles. The molecule has 0 aliphatic carbocycles. The number of carbonyl (C=O) groups is 1. The van der Waals surface area contributed by atoms with Crippen LogP contribution in [0.1, 0.15) is 50.4 Å². The molecule has 1 unspecified atom stereocenters. The molecule has 140 valence electrons. The molecular formula is C20H29N5O. The number of piperidine rings is 1. The Kier molecular flexibility index (Phi) is 6.39. The van der Waals surface area contributed by atoms with E-state index in [4.69, 9.17) is 0 Å². The van der Waals surface area contributed by atoms with Crippen LogP contribution in [0.4, 0.5) is 0 Å². The van der Waals surface area contributed by atoms with Crippen molar-refractivity contribution in [2.75, 3.05) is 13.1 Å². The lowest BCUT2D eigenvalue weighted by Crippen LogP contribution is -2.49. The summed E-state index contributed by atoms with van der Waals surface area (Å²) in [7, 11) is 0. The van der Waals surface area contributed by atoms with Crippen LogP contribution in [0.25, 0.3) is 0 Å². The molecule has 0 spiro atoms. The molecule has 26 heavy (non-hydrogen) atoms. The summed E-state index contributed by atoms with van der Waals surface area (Å²) in [5.41, 5.74) is 1.26. The summed E-state index contributed by atoms with van der Waals surface area (Å²) in [6.45, 7) is 7.33. The smallest absolute Gasteiger partial charge is 0.237 e. The molecule has 1 N–H and O–H groups in total. The topological polar surface area (TPSA) is 63.1 Å². The summed E-state index contributed by atoms with van der Waals surface area (Å²) in [6, 6.07) is 10.4. The van der Waals surface area contributed by atoms with Gasteiger partial charge in [-0.3, -0.25) is 9.69 Å². The summed E-state index contributed by atoms with van der Waals surface area (Å²) < 4.78 is 2.02. The first-order valence-corrected chi connectivity index (χ1v) is 9.58. The van der Waals surface area contributed by atoms with Crippen LogP contribution in [0.15, 0.2) is 36.7 Å². The van der Waals surface area contributed by atoms with Crippen molar-refractivity contribution in [2.24, 2.45) is 0 Å². The number of aromatic nitrogens is 3. The zero-order valence-electron chi connectivity index (χ0n) is 15.8. The van der Waals surface area contributed by atoms with Gasteiger partial charge in [0.15, 0.2) is 0 Å². The zero-order chi connectivity index (χ0) is 18.4. The van der Waals surface area contributed by atoms with Gasteiger partial charge in [0.2, 0.25) is 5.91 Å². The number of hydrogen-bond acceptors (Lipinski definition) is 4. The first-order chi connectivity index (χ1) is 12.6. The third kappa shape index (κ3) is 4.69. The molecule has 0 bridgehead atoms. The average Bonchev–Trinajstić information content (AvgIpc) is 3.12. The SMILES string of the molecule is CC(C)c1nncn1CCNC(=O)C1CCCCN1Cc1ccccc1. The van der Waals surface area contributed by atoms with Crippen molar-refractivity contribution < 1.29 is 4.79 Å². The molecule has 1 aliphatic rings. The molecule has 1 aromatic heterocycles. The largest absolute Gasteiger partial charge is 0.353 e. The third-order valence-electron chi connectivity index (χ3n) is 4.96. The van der Waals surface area contributed by atoms with E-state index < -0.39 is 0 Å². The Morgan fingerprint density at radius 2 is 2.08 bits per heavy atom. The number of nitrogens with one attached hydrogen (secondary N) is 1. The second-order valence-electron chi connectivity index (χ2n) is 7.30. The van der Waals surface area contributed by atoms with Crippen LogP contribution < -0.4 is 5.32 Å². The van der Waals surface area contributed by atoms with Gasteiger partial charge in [-0.25, -0.2) is 0 Å².